The second kappa shape index (κ2) is 11.6. The Hall–Kier alpha value is -3.99. The van der Waals surface area contributed by atoms with Gasteiger partial charge in [0.1, 0.15) is 0 Å². The molecule has 0 bridgehead atoms. The normalized spacial score (nSPS) is 14.1. The summed E-state index contributed by atoms with van der Waals surface area (Å²) >= 11 is 0. The fraction of sp³-hybridized carbons (Fsp3) is 0.333. The van der Waals surface area contributed by atoms with Gasteiger partial charge in [-0.2, -0.15) is 18.3 Å². The molecule has 0 unspecified atom stereocenters. The number of nitrogens with one attached hydrogen (secondary N) is 1. The summed E-state index contributed by atoms with van der Waals surface area (Å²) < 4.78 is 40.1. The minimum atomic E-state index is -4.46. The Kier molecular flexibility index (Phi) is 8.26. The molecule has 38 heavy (non-hydrogen) atoms. The molecule has 0 radical (unpaired) electrons. The molecule has 2 aromatic carbocycles. The van der Waals surface area contributed by atoms with Gasteiger partial charge in [0.05, 0.1) is 23.2 Å². The summed E-state index contributed by atoms with van der Waals surface area (Å²) in [4.78, 5) is 20.5. The average molecular weight is 526 g/mol. The standard InChI is InChI=1S/C21H17F3N6O.C6H13N/c1-30-17(13-5-6-16-14(9-13)11-26-20(25)27-16)10-18(29-30)28-19(31)8-12-3-2-4-15(7-12)21(22,23)24;7-6-4-2-1-3-5-6/h2-7,9-11H,8H2,1H3,(H2,25,26,27)(H,28,29,31);6H,1-5,7H2. The lowest BCUT2D eigenvalue weighted by atomic mass is 9.97. The zero-order valence-electron chi connectivity index (χ0n) is 21.0. The first-order valence-corrected chi connectivity index (χ1v) is 12.4. The van der Waals surface area contributed by atoms with Gasteiger partial charge in [-0.1, -0.05) is 43.5 Å². The van der Waals surface area contributed by atoms with Crippen LogP contribution < -0.4 is 16.8 Å². The molecule has 4 aromatic rings. The van der Waals surface area contributed by atoms with Crippen LogP contribution in [0.2, 0.25) is 0 Å². The molecular formula is C27H30F3N7O. The highest BCUT2D eigenvalue weighted by atomic mass is 19.4. The molecule has 5 N–H and O–H groups in total. The number of nitrogens with zero attached hydrogens (tertiary/aromatic N) is 4. The largest absolute Gasteiger partial charge is 0.416 e. The molecule has 0 saturated heterocycles. The summed E-state index contributed by atoms with van der Waals surface area (Å²) in [6.45, 7) is 0. The maximum absolute atomic E-state index is 12.9. The number of rotatable bonds is 4. The van der Waals surface area contributed by atoms with Crippen LogP contribution in [-0.4, -0.2) is 31.7 Å². The van der Waals surface area contributed by atoms with Crippen molar-refractivity contribution in [2.45, 2.75) is 50.7 Å². The molecule has 200 valence electrons. The number of nitrogen functional groups attached to an aromatic ring is 1. The van der Waals surface area contributed by atoms with Gasteiger partial charge in [-0.25, -0.2) is 9.97 Å². The number of alkyl halides is 3. The molecule has 5 rings (SSSR count). The molecule has 8 nitrogen and oxygen atoms in total. The third-order valence-electron chi connectivity index (χ3n) is 6.31. The number of nitrogens with two attached hydrogens (primary N) is 2. The second-order valence-electron chi connectivity index (χ2n) is 9.36. The Balaban J connectivity index is 0.000000417. The highest BCUT2D eigenvalue weighted by molar-refractivity contribution is 5.92. The fourth-order valence-corrected chi connectivity index (χ4v) is 4.37. The Morgan fingerprint density at radius 3 is 2.55 bits per heavy atom. The summed E-state index contributed by atoms with van der Waals surface area (Å²) in [6, 6.07) is 12.4. The van der Waals surface area contributed by atoms with Crippen LogP contribution >= 0.6 is 0 Å². The third kappa shape index (κ3) is 7.06. The number of halogens is 3. The van der Waals surface area contributed by atoms with E-state index in [-0.39, 0.29) is 17.9 Å². The van der Waals surface area contributed by atoms with Crippen LogP contribution in [0.15, 0.2) is 54.7 Å². The number of aryl methyl sites for hydroxylation is 1. The summed E-state index contributed by atoms with van der Waals surface area (Å²) in [6.07, 6.45) is 3.62. The molecule has 2 aromatic heterocycles. The van der Waals surface area contributed by atoms with E-state index in [1.54, 1.807) is 24.0 Å². The Morgan fingerprint density at radius 1 is 1.11 bits per heavy atom. The van der Waals surface area contributed by atoms with Crippen molar-refractivity contribution in [1.29, 1.82) is 0 Å². The number of aromatic nitrogens is 4. The predicted molar refractivity (Wildman–Crippen MR) is 141 cm³/mol. The molecule has 2 heterocycles. The monoisotopic (exact) mass is 525 g/mol. The van der Waals surface area contributed by atoms with Crippen molar-refractivity contribution in [1.82, 2.24) is 19.7 Å². The van der Waals surface area contributed by atoms with E-state index < -0.39 is 17.6 Å². The number of amides is 1. The van der Waals surface area contributed by atoms with Gasteiger partial charge in [-0.05, 0) is 36.6 Å². The fourth-order valence-electron chi connectivity index (χ4n) is 4.37. The number of carbonyl (C=O) groups is 1. The van der Waals surface area contributed by atoms with E-state index in [0.717, 1.165) is 28.8 Å². The highest BCUT2D eigenvalue weighted by Crippen LogP contribution is 2.30. The lowest BCUT2D eigenvalue weighted by Crippen LogP contribution is -2.22. The molecule has 1 aliphatic rings. The van der Waals surface area contributed by atoms with Crippen LogP contribution in [0.1, 0.15) is 43.2 Å². The van der Waals surface area contributed by atoms with Crippen LogP contribution in [0.4, 0.5) is 24.9 Å². The lowest BCUT2D eigenvalue weighted by Gasteiger charge is -2.15. The molecule has 1 saturated carbocycles. The molecule has 0 aliphatic heterocycles. The van der Waals surface area contributed by atoms with Crippen molar-refractivity contribution in [2.24, 2.45) is 12.8 Å². The smallest absolute Gasteiger partial charge is 0.368 e. The van der Waals surface area contributed by atoms with Crippen molar-refractivity contribution in [2.75, 3.05) is 11.1 Å². The molecule has 1 aliphatic carbocycles. The van der Waals surface area contributed by atoms with Gasteiger partial charge < -0.3 is 16.8 Å². The topological polar surface area (TPSA) is 125 Å². The van der Waals surface area contributed by atoms with Crippen molar-refractivity contribution < 1.29 is 18.0 Å². The van der Waals surface area contributed by atoms with Gasteiger partial charge >= 0.3 is 6.18 Å². The maximum Gasteiger partial charge on any atom is 0.416 e. The van der Waals surface area contributed by atoms with Gasteiger partial charge in [0, 0.05) is 36.3 Å². The number of fused-ring (bicyclic) bond motifs is 1. The van der Waals surface area contributed by atoms with Gasteiger partial charge in [0.15, 0.2) is 5.82 Å². The average Bonchev–Trinajstić information content (AvgIpc) is 3.23. The van der Waals surface area contributed by atoms with E-state index in [1.807, 2.05) is 18.2 Å². The highest BCUT2D eigenvalue weighted by Gasteiger charge is 2.30. The zero-order valence-corrected chi connectivity index (χ0v) is 21.0. The van der Waals surface area contributed by atoms with Crippen LogP contribution in [0.25, 0.3) is 22.2 Å². The number of carbonyl (C=O) groups excluding carboxylic acids is 1. The van der Waals surface area contributed by atoms with Crippen LogP contribution in [-0.2, 0) is 24.4 Å². The first-order valence-electron chi connectivity index (χ1n) is 12.4. The molecule has 1 amide bonds. The second-order valence-corrected chi connectivity index (χ2v) is 9.36. The van der Waals surface area contributed by atoms with E-state index in [0.29, 0.717) is 17.4 Å². The van der Waals surface area contributed by atoms with Crippen LogP contribution in [0.5, 0.6) is 0 Å². The van der Waals surface area contributed by atoms with Crippen molar-refractivity contribution in [3.8, 4) is 11.3 Å². The van der Waals surface area contributed by atoms with E-state index in [1.165, 1.54) is 44.2 Å². The first-order chi connectivity index (χ1) is 18.1. The SMILES string of the molecule is Cn1nc(NC(=O)Cc2cccc(C(F)(F)F)c2)cc1-c1ccc2nc(N)ncc2c1.NC1CCCCC1. The van der Waals surface area contributed by atoms with Crippen LogP contribution in [0, 0.1) is 0 Å². The van der Waals surface area contributed by atoms with E-state index >= 15 is 0 Å². The van der Waals surface area contributed by atoms with Crippen molar-refractivity contribution in [3.05, 3.63) is 65.9 Å². The summed E-state index contributed by atoms with van der Waals surface area (Å²) in [5, 5.41) is 7.70. The lowest BCUT2D eigenvalue weighted by molar-refractivity contribution is -0.137. The number of hydrogen-bond donors (Lipinski definition) is 3. The zero-order chi connectivity index (χ0) is 27.3. The molecule has 11 heteroatoms. The van der Waals surface area contributed by atoms with Crippen molar-refractivity contribution >= 4 is 28.6 Å². The summed E-state index contributed by atoms with van der Waals surface area (Å²) in [5.74, 6) is 0.0149. The number of anilines is 2. The van der Waals surface area contributed by atoms with Crippen LogP contribution in [0.3, 0.4) is 0 Å². The molecule has 0 atom stereocenters. The minimum Gasteiger partial charge on any atom is -0.368 e. The van der Waals surface area contributed by atoms with E-state index in [2.05, 4.69) is 20.4 Å². The Morgan fingerprint density at radius 2 is 1.87 bits per heavy atom. The minimum absolute atomic E-state index is 0.187. The molecule has 1 fully saturated rings. The Bertz CT molecular complexity index is 1410. The van der Waals surface area contributed by atoms with Gasteiger partial charge in [0.25, 0.3) is 0 Å². The molecule has 0 spiro atoms. The van der Waals surface area contributed by atoms with Gasteiger partial charge in [-0.15, -0.1) is 0 Å². The van der Waals surface area contributed by atoms with Crippen molar-refractivity contribution in [3.63, 3.8) is 0 Å². The quantitative estimate of drug-likeness (QED) is 0.341. The summed E-state index contributed by atoms with van der Waals surface area (Å²) in [7, 11) is 1.72. The number of benzene rings is 2. The Labute approximate surface area is 218 Å². The van der Waals surface area contributed by atoms with E-state index in [9.17, 15) is 18.0 Å². The third-order valence-corrected chi connectivity index (χ3v) is 6.31. The summed E-state index contributed by atoms with van der Waals surface area (Å²) in [5.41, 5.74) is 13.0. The van der Waals surface area contributed by atoms with E-state index in [4.69, 9.17) is 11.5 Å². The van der Waals surface area contributed by atoms with Gasteiger partial charge in [-0.3, -0.25) is 9.48 Å². The maximum atomic E-state index is 12.9. The first kappa shape index (κ1) is 27.1. The molecular weight excluding hydrogens is 495 g/mol. The predicted octanol–water partition coefficient (Wildman–Crippen LogP) is 5.09. The number of hydrogen-bond acceptors (Lipinski definition) is 6. The van der Waals surface area contributed by atoms with Gasteiger partial charge in [0.2, 0.25) is 11.9 Å².